The predicted octanol–water partition coefficient (Wildman–Crippen LogP) is 4.08. The Morgan fingerprint density at radius 1 is 0.897 bits per heavy atom. The average molecular weight is 394 g/mol. The number of aromatic nitrogens is 2. The molecule has 0 saturated heterocycles. The number of rotatable bonds is 7. The quantitative estimate of drug-likeness (QED) is 0.579. The number of hydrogen-bond donors (Lipinski definition) is 2. The number of benzene rings is 2. The molecule has 1 heterocycles. The van der Waals surface area contributed by atoms with E-state index in [4.69, 9.17) is 14.2 Å². The van der Waals surface area contributed by atoms with Gasteiger partial charge in [0.2, 0.25) is 5.95 Å². The fraction of sp³-hybridized carbons (Fsp3) is 0.190. The molecule has 0 saturated carbocycles. The van der Waals surface area contributed by atoms with Crippen LogP contribution in [0.4, 0.5) is 23.1 Å². The van der Waals surface area contributed by atoms with Gasteiger partial charge < -0.3 is 24.8 Å². The number of nitrogens with one attached hydrogen (secondary N) is 2. The molecule has 2 aromatic carbocycles. The zero-order valence-electron chi connectivity index (χ0n) is 16.6. The number of nitrogens with zero attached hydrogens (tertiary/aromatic N) is 2. The van der Waals surface area contributed by atoms with Crippen LogP contribution in [0.3, 0.4) is 0 Å². The van der Waals surface area contributed by atoms with E-state index in [0.717, 1.165) is 17.1 Å². The molecule has 8 heteroatoms. The average Bonchev–Trinajstić information content (AvgIpc) is 2.73. The summed E-state index contributed by atoms with van der Waals surface area (Å²) >= 11 is 0. The minimum Gasteiger partial charge on any atom is -0.497 e. The highest BCUT2D eigenvalue weighted by atomic mass is 16.5. The first-order valence-electron chi connectivity index (χ1n) is 8.82. The lowest BCUT2D eigenvalue weighted by molar-refractivity contribution is 0.0601. The van der Waals surface area contributed by atoms with E-state index in [1.165, 1.54) is 7.11 Å². The second-order valence-electron chi connectivity index (χ2n) is 6.10. The van der Waals surface area contributed by atoms with Gasteiger partial charge in [-0.2, -0.15) is 4.98 Å². The van der Waals surface area contributed by atoms with Crippen LogP contribution < -0.4 is 20.1 Å². The summed E-state index contributed by atoms with van der Waals surface area (Å²) < 4.78 is 15.4. The number of methoxy groups -OCH3 is 3. The van der Waals surface area contributed by atoms with E-state index in [1.54, 1.807) is 38.5 Å². The van der Waals surface area contributed by atoms with Gasteiger partial charge in [-0.15, -0.1) is 0 Å². The Morgan fingerprint density at radius 3 is 2.31 bits per heavy atom. The topological polar surface area (TPSA) is 94.6 Å². The third kappa shape index (κ3) is 4.92. The Labute approximate surface area is 168 Å². The van der Waals surface area contributed by atoms with Gasteiger partial charge in [0.05, 0.1) is 32.6 Å². The lowest BCUT2D eigenvalue weighted by Crippen LogP contribution is -2.04. The molecule has 3 aromatic rings. The van der Waals surface area contributed by atoms with Gasteiger partial charge in [0.1, 0.15) is 17.3 Å². The van der Waals surface area contributed by atoms with Crippen LogP contribution in [0.1, 0.15) is 16.1 Å². The summed E-state index contributed by atoms with van der Waals surface area (Å²) in [6.45, 7) is 1.88. The van der Waals surface area contributed by atoms with Crippen molar-refractivity contribution >= 4 is 29.1 Å². The van der Waals surface area contributed by atoms with Gasteiger partial charge >= 0.3 is 5.97 Å². The Hall–Kier alpha value is -3.81. The van der Waals surface area contributed by atoms with Crippen molar-refractivity contribution in [2.24, 2.45) is 0 Å². The van der Waals surface area contributed by atoms with Crippen LogP contribution in [-0.2, 0) is 4.74 Å². The van der Waals surface area contributed by atoms with Gasteiger partial charge in [-0.1, -0.05) is 0 Å². The maximum atomic E-state index is 11.5. The highest BCUT2D eigenvalue weighted by Crippen LogP contribution is 2.31. The van der Waals surface area contributed by atoms with Crippen LogP contribution in [-0.4, -0.2) is 37.3 Å². The van der Waals surface area contributed by atoms with E-state index in [9.17, 15) is 4.79 Å². The number of aryl methyl sites for hydroxylation is 1. The molecular formula is C21H22N4O4. The lowest BCUT2D eigenvalue weighted by atomic mass is 10.2. The lowest BCUT2D eigenvalue weighted by Gasteiger charge is -2.13. The molecular weight excluding hydrogens is 372 g/mol. The van der Waals surface area contributed by atoms with Gasteiger partial charge in [-0.3, -0.25) is 0 Å². The number of hydrogen-bond acceptors (Lipinski definition) is 8. The largest absolute Gasteiger partial charge is 0.497 e. The monoisotopic (exact) mass is 394 g/mol. The van der Waals surface area contributed by atoms with Crippen LogP contribution in [0.15, 0.2) is 48.5 Å². The molecule has 8 nitrogen and oxygen atoms in total. The summed E-state index contributed by atoms with van der Waals surface area (Å²) in [5.74, 6) is 1.98. The molecule has 0 aliphatic rings. The van der Waals surface area contributed by atoms with E-state index in [0.29, 0.717) is 28.8 Å². The number of esters is 1. The zero-order valence-corrected chi connectivity index (χ0v) is 16.6. The third-order valence-corrected chi connectivity index (χ3v) is 4.09. The molecule has 0 unspecified atom stereocenters. The van der Waals surface area contributed by atoms with Crippen LogP contribution in [0.2, 0.25) is 0 Å². The fourth-order valence-corrected chi connectivity index (χ4v) is 2.67. The van der Waals surface area contributed by atoms with Gasteiger partial charge in [0.15, 0.2) is 0 Å². The van der Waals surface area contributed by atoms with E-state index in [1.807, 2.05) is 31.2 Å². The Kier molecular flexibility index (Phi) is 6.13. The van der Waals surface area contributed by atoms with E-state index in [-0.39, 0.29) is 5.97 Å². The first kappa shape index (κ1) is 19.9. The van der Waals surface area contributed by atoms with Crippen molar-refractivity contribution in [1.82, 2.24) is 9.97 Å². The maximum Gasteiger partial charge on any atom is 0.337 e. The van der Waals surface area contributed by atoms with Crippen LogP contribution in [0.25, 0.3) is 0 Å². The summed E-state index contributed by atoms with van der Waals surface area (Å²) in [6, 6.07) is 14.2. The normalized spacial score (nSPS) is 10.2. The molecule has 0 aliphatic heterocycles. The SMILES string of the molecule is COC(=O)c1ccc(Nc2nc(C)cc(Nc3cc(OC)ccc3OC)n2)cc1. The molecule has 0 atom stereocenters. The molecule has 3 rings (SSSR count). The fourth-order valence-electron chi connectivity index (χ4n) is 2.67. The predicted molar refractivity (Wildman–Crippen MR) is 111 cm³/mol. The van der Waals surface area contributed by atoms with Crippen LogP contribution in [0, 0.1) is 6.92 Å². The van der Waals surface area contributed by atoms with Gasteiger partial charge in [0, 0.05) is 23.5 Å². The maximum absolute atomic E-state index is 11.5. The smallest absolute Gasteiger partial charge is 0.337 e. The summed E-state index contributed by atoms with van der Waals surface area (Å²) in [7, 11) is 4.55. The van der Waals surface area contributed by atoms with Crippen molar-refractivity contribution in [2.75, 3.05) is 32.0 Å². The molecule has 0 bridgehead atoms. The summed E-state index contributed by atoms with van der Waals surface area (Å²) in [5.41, 5.74) is 2.71. The second-order valence-corrected chi connectivity index (χ2v) is 6.10. The van der Waals surface area contributed by atoms with Crippen molar-refractivity contribution in [3.05, 3.63) is 59.8 Å². The highest BCUT2D eigenvalue weighted by Gasteiger charge is 2.09. The Bertz CT molecular complexity index is 1010. The van der Waals surface area contributed by atoms with E-state index in [2.05, 4.69) is 20.6 Å². The van der Waals surface area contributed by atoms with Crippen LogP contribution in [0.5, 0.6) is 11.5 Å². The minimum absolute atomic E-state index is 0.387. The van der Waals surface area contributed by atoms with Gasteiger partial charge in [-0.05, 0) is 43.3 Å². The van der Waals surface area contributed by atoms with Crippen molar-refractivity contribution in [3.63, 3.8) is 0 Å². The molecule has 150 valence electrons. The Morgan fingerprint density at radius 2 is 1.66 bits per heavy atom. The molecule has 2 N–H and O–H groups in total. The van der Waals surface area contributed by atoms with Crippen molar-refractivity contribution in [1.29, 1.82) is 0 Å². The summed E-state index contributed by atoms with van der Waals surface area (Å²) in [6.07, 6.45) is 0. The number of carbonyl (C=O) groups excluding carboxylic acids is 1. The molecule has 0 fully saturated rings. The highest BCUT2D eigenvalue weighted by molar-refractivity contribution is 5.89. The van der Waals surface area contributed by atoms with Crippen molar-refractivity contribution < 1.29 is 19.0 Å². The zero-order chi connectivity index (χ0) is 20.8. The molecule has 29 heavy (non-hydrogen) atoms. The summed E-state index contributed by atoms with van der Waals surface area (Å²) in [5, 5.41) is 6.38. The third-order valence-electron chi connectivity index (χ3n) is 4.09. The second kappa shape index (κ2) is 8.92. The first-order chi connectivity index (χ1) is 14.0. The molecule has 0 aliphatic carbocycles. The van der Waals surface area contributed by atoms with Gasteiger partial charge in [-0.25, -0.2) is 9.78 Å². The van der Waals surface area contributed by atoms with Crippen molar-refractivity contribution in [2.45, 2.75) is 6.92 Å². The first-order valence-corrected chi connectivity index (χ1v) is 8.82. The summed E-state index contributed by atoms with van der Waals surface area (Å²) in [4.78, 5) is 20.5. The number of anilines is 4. The van der Waals surface area contributed by atoms with Crippen LogP contribution >= 0.6 is 0 Å². The van der Waals surface area contributed by atoms with E-state index >= 15 is 0 Å². The van der Waals surface area contributed by atoms with E-state index < -0.39 is 0 Å². The number of ether oxygens (including phenoxy) is 3. The Balaban J connectivity index is 1.82. The number of carbonyl (C=O) groups is 1. The molecule has 0 amide bonds. The van der Waals surface area contributed by atoms with Gasteiger partial charge in [0.25, 0.3) is 0 Å². The molecule has 0 spiro atoms. The molecule has 1 aromatic heterocycles. The standard InChI is InChI=1S/C21H22N4O4/c1-13-11-19(24-17-12-16(27-2)9-10-18(17)28-3)25-21(22-13)23-15-7-5-14(6-8-15)20(26)29-4/h5-12H,1-4H3,(H2,22,23,24,25). The minimum atomic E-state index is -0.387. The molecule has 0 radical (unpaired) electrons. The van der Waals surface area contributed by atoms with Crippen molar-refractivity contribution in [3.8, 4) is 11.5 Å².